The van der Waals surface area contributed by atoms with E-state index < -0.39 is 10.0 Å². The van der Waals surface area contributed by atoms with Crippen molar-refractivity contribution in [2.75, 3.05) is 10.8 Å². The lowest BCUT2D eigenvalue weighted by atomic mass is 10.1. The number of anilines is 1. The highest BCUT2D eigenvalue weighted by Gasteiger charge is 2.24. The van der Waals surface area contributed by atoms with Crippen molar-refractivity contribution in [3.05, 3.63) is 72.8 Å². The van der Waals surface area contributed by atoms with E-state index in [1.54, 1.807) is 54.6 Å². The maximum Gasteiger partial charge on any atom is 0.264 e. The van der Waals surface area contributed by atoms with Gasteiger partial charge in [0.2, 0.25) is 0 Å². The molecule has 0 aliphatic carbocycles. The van der Waals surface area contributed by atoms with Crippen LogP contribution in [0.4, 0.5) is 5.69 Å². The van der Waals surface area contributed by atoms with Crippen LogP contribution in [-0.2, 0) is 10.0 Å². The SMILES string of the molecule is C=CCN(c1ccc(C(=O)NC(C)(C)C)cc1)S(=O)(=O)c1ccccc1. The second kappa shape index (κ2) is 7.74. The molecule has 0 fully saturated rings. The molecule has 0 radical (unpaired) electrons. The summed E-state index contributed by atoms with van der Waals surface area (Å²) in [6, 6.07) is 14.7. The van der Waals surface area contributed by atoms with Crippen LogP contribution in [0.15, 0.2) is 72.1 Å². The Kier molecular flexibility index (Phi) is 5.87. The fraction of sp³-hybridized carbons (Fsp3) is 0.250. The fourth-order valence-electron chi connectivity index (χ4n) is 2.37. The zero-order valence-corrected chi connectivity index (χ0v) is 16.1. The van der Waals surface area contributed by atoms with Crippen molar-refractivity contribution < 1.29 is 13.2 Å². The molecule has 5 nitrogen and oxygen atoms in total. The highest BCUT2D eigenvalue weighted by Crippen LogP contribution is 2.24. The lowest BCUT2D eigenvalue weighted by Crippen LogP contribution is -2.40. The van der Waals surface area contributed by atoms with E-state index in [1.165, 1.54) is 10.4 Å². The van der Waals surface area contributed by atoms with Gasteiger partial charge >= 0.3 is 0 Å². The van der Waals surface area contributed by atoms with Crippen LogP contribution < -0.4 is 9.62 Å². The first-order valence-corrected chi connectivity index (χ1v) is 9.70. The summed E-state index contributed by atoms with van der Waals surface area (Å²) in [5.41, 5.74) is 0.599. The number of nitrogens with one attached hydrogen (secondary N) is 1. The molecular weight excluding hydrogens is 348 g/mol. The quantitative estimate of drug-likeness (QED) is 0.788. The molecule has 2 aromatic carbocycles. The van der Waals surface area contributed by atoms with Crippen molar-refractivity contribution in [2.45, 2.75) is 31.2 Å². The van der Waals surface area contributed by atoms with Crippen molar-refractivity contribution in [1.82, 2.24) is 5.32 Å². The second-order valence-corrected chi connectivity index (χ2v) is 8.75. The van der Waals surface area contributed by atoms with Gasteiger partial charge in [0, 0.05) is 11.1 Å². The van der Waals surface area contributed by atoms with Gasteiger partial charge in [-0.3, -0.25) is 9.10 Å². The number of hydrogen-bond acceptors (Lipinski definition) is 3. The van der Waals surface area contributed by atoms with E-state index >= 15 is 0 Å². The van der Waals surface area contributed by atoms with Crippen LogP contribution in [0.1, 0.15) is 31.1 Å². The van der Waals surface area contributed by atoms with E-state index in [0.717, 1.165) is 0 Å². The molecule has 0 saturated heterocycles. The third-order valence-corrected chi connectivity index (χ3v) is 5.34. The Bertz CT molecular complexity index is 868. The molecule has 0 heterocycles. The number of benzene rings is 2. The van der Waals surface area contributed by atoms with Crippen LogP contribution in [-0.4, -0.2) is 26.4 Å². The van der Waals surface area contributed by atoms with E-state index in [4.69, 9.17) is 0 Å². The summed E-state index contributed by atoms with van der Waals surface area (Å²) in [5.74, 6) is -0.203. The Morgan fingerprint density at radius 2 is 1.65 bits per heavy atom. The molecule has 0 atom stereocenters. The predicted molar refractivity (Wildman–Crippen MR) is 105 cm³/mol. The minimum Gasteiger partial charge on any atom is -0.347 e. The molecule has 2 aromatic rings. The molecule has 0 aliphatic heterocycles. The number of nitrogens with zero attached hydrogens (tertiary/aromatic N) is 1. The van der Waals surface area contributed by atoms with Crippen LogP contribution >= 0.6 is 0 Å². The minimum absolute atomic E-state index is 0.130. The zero-order valence-electron chi connectivity index (χ0n) is 15.3. The van der Waals surface area contributed by atoms with Crippen molar-refractivity contribution in [3.63, 3.8) is 0 Å². The van der Waals surface area contributed by atoms with Crippen LogP contribution in [0.25, 0.3) is 0 Å². The standard InChI is InChI=1S/C20H24N2O3S/c1-5-15-22(26(24,25)18-9-7-6-8-10-18)17-13-11-16(12-14-17)19(23)21-20(2,3)4/h5-14H,1,15H2,2-4H3,(H,21,23). The molecule has 6 heteroatoms. The predicted octanol–water partition coefficient (Wildman–Crippen LogP) is 3.60. The normalized spacial score (nSPS) is 11.7. The third kappa shape index (κ3) is 4.73. The van der Waals surface area contributed by atoms with Crippen LogP contribution in [0.5, 0.6) is 0 Å². The Balaban J connectivity index is 2.34. The monoisotopic (exact) mass is 372 g/mol. The van der Waals surface area contributed by atoms with Gasteiger partial charge in [0.25, 0.3) is 15.9 Å². The van der Waals surface area contributed by atoms with Crippen molar-refractivity contribution >= 4 is 21.6 Å². The zero-order chi connectivity index (χ0) is 19.4. The molecule has 26 heavy (non-hydrogen) atoms. The van der Waals surface area contributed by atoms with Gasteiger partial charge in [0.15, 0.2) is 0 Å². The van der Waals surface area contributed by atoms with E-state index in [9.17, 15) is 13.2 Å². The Labute approximate surface area is 155 Å². The largest absolute Gasteiger partial charge is 0.347 e. The molecule has 0 saturated carbocycles. The summed E-state index contributed by atoms with van der Waals surface area (Å²) in [6.07, 6.45) is 1.53. The summed E-state index contributed by atoms with van der Waals surface area (Å²) in [7, 11) is -3.72. The number of amides is 1. The Morgan fingerprint density at radius 3 is 2.15 bits per heavy atom. The molecule has 0 aliphatic rings. The maximum atomic E-state index is 12.9. The molecule has 0 bridgehead atoms. The molecule has 0 aromatic heterocycles. The number of carbonyl (C=O) groups is 1. The number of rotatable bonds is 6. The lowest BCUT2D eigenvalue weighted by molar-refractivity contribution is 0.0919. The average Bonchev–Trinajstić information content (AvgIpc) is 2.59. The van der Waals surface area contributed by atoms with Gasteiger partial charge in [-0.15, -0.1) is 6.58 Å². The minimum atomic E-state index is -3.72. The number of carbonyl (C=O) groups excluding carboxylic acids is 1. The van der Waals surface area contributed by atoms with Gasteiger partial charge in [-0.2, -0.15) is 0 Å². The second-order valence-electron chi connectivity index (χ2n) is 6.89. The van der Waals surface area contributed by atoms with Gasteiger partial charge in [0.1, 0.15) is 0 Å². The first kappa shape index (κ1) is 19.7. The van der Waals surface area contributed by atoms with Gasteiger partial charge < -0.3 is 5.32 Å². The van der Waals surface area contributed by atoms with Gasteiger partial charge in [-0.1, -0.05) is 24.3 Å². The van der Waals surface area contributed by atoms with Crippen molar-refractivity contribution in [1.29, 1.82) is 0 Å². The highest BCUT2D eigenvalue weighted by molar-refractivity contribution is 7.92. The molecule has 1 amide bonds. The van der Waals surface area contributed by atoms with Gasteiger partial charge in [0.05, 0.1) is 17.1 Å². The van der Waals surface area contributed by atoms with Gasteiger partial charge in [-0.25, -0.2) is 8.42 Å². The molecule has 0 unspecified atom stereocenters. The van der Waals surface area contributed by atoms with Crippen LogP contribution in [0, 0.1) is 0 Å². The third-order valence-electron chi connectivity index (χ3n) is 3.53. The number of sulfonamides is 1. The van der Waals surface area contributed by atoms with Crippen molar-refractivity contribution in [3.8, 4) is 0 Å². The summed E-state index contributed by atoms with van der Waals surface area (Å²) < 4.78 is 27.1. The first-order valence-electron chi connectivity index (χ1n) is 8.26. The molecule has 2 rings (SSSR count). The smallest absolute Gasteiger partial charge is 0.264 e. The number of hydrogen-bond donors (Lipinski definition) is 1. The van der Waals surface area contributed by atoms with Crippen molar-refractivity contribution in [2.24, 2.45) is 0 Å². The molecule has 1 N–H and O–H groups in total. The van der Waals surface area contributed by atoms with Crippen LogP contribution in [0.2, 0.25) is 0 Å². The van der Waals surface area contributed by atoms with E-state index in [-0.39, 0.29) is 22.9 Å². The fourth-order valence-corrected chi connectivity index (χ4v) is 3.83. The lowest BCUT2D eigenvalue weighted by Gasteiger charge is -2.24. The summed E-state index contributed by atoms with van der Waals surface area (Å²) in [4.78, 5) is 12.4. The van der Waals surface area contributed by atoms with E-state index in [2.05, 4.69) is 11.9 Å². The van der Waals surface area contributed by atoms with E-state index in [0.29, 0.717) is 11.3 Å². The van der Waals surface area contributed by atoms with Gasteiger partial charge in [-0.05, 0) is 57.2 Å². The molecule has 138 valence electrons. The average molecular weight is 372 g/mol. The summed E-state index contributed by atoms with van der Waals surface area (Å²) >= 11 is 0. The maximum absolute atomic E-state index is 12.9. The summed E-state index contributed by atoms with van der Waals surface area (Å²) in [6.45, 7) is 9.48. The topological polar surface area (TPSA) is 66.5 Å². The highest BCUT2D eigenvalue weighted by atomic mass is 32.2. The first-order chi connectivity index (χ1) is 12.1. The van der Waals surface area contributed by atoms with E-state index in [1.807, 2.05) is 20.8 Å². The Morgan fingerprint density at radius 1 is 1.08 bits per heavy atom. The molecular formula is C20H24N2O3S. The Hall–Kier alpha value is -2.60. The summed E-state index contributed by atoms with van der Waals surface area (Å²) in [5, 5.41) is 2.88. The van der Waals surface area contributed by atoms with Crippen LogP contribution in [0.3, 0.4) is 0 Å². The molecule has 0 spiro atoms.